The van der Waals surface area contributed by atoms with Crippen LogP contribution in [0.3, 0.4) is 0 Å². The first-order chi connectivity index (χ1) is 14.4. The Morgan fingerprint density at radius 1 is 0.967 bits per heavy atom. The Balaban J connectivity index is 1.82. The predicted molar refractivity (Wildman–Crippen MR) is 122 cm³/mol. The van der Waals surface area contributed by atoms with Crippen LogP contribution in [0.5, 0.6) is 11.5 Å². The lowest BCUT2D eigenvalue weighted by Gasteiger charge is -2.14. The Labute approximate surface area is 195 Å². The third-order valence-corrected chi connectivity index (χ3v) is 4.68. The first-order valence-corrected chi connectivity index (χ1v) is 10.6. The molecule has 160 valence electrons. The molecule has 11 heteroatoms. The molecule has 0 aromatic heterocycles. The topological polar surface area (TPSA) is 97.9 Å². The van der Waals surface area contributed by atoms with E-state index >= 15 is 0 Å². The van der Waals surface area contributed by atoms with E-state index < -0.39 is 11.8 Å². The molecule has 8 nitrogen and oxygen atoms in total. The summed E-state index contributed by atoms with van der Waals surface area (Å²) in [6, 6.07) is 12.1. The van der Waals surface area contributed by atoms with Crippen LogP contribution in [0, 0.1) is 0 Å². The van der Waals surface area contributed by atoms with Gasteiger partial charge in [-0.2, -0.15) is 0 Å². The van der Waals surface area contributed by atoms with Gasteiger partial charge in [0.2, 0.25) is 0 Å². The molecule has 0 unspecified atom stereocenters. The summed E-state index contributed by atoms with van der Waals surface area (Å²) in [5.41, 5.74) is 5.08. The van der Waals surface area contributed by atoms with Crippen molar-refractivity contribution in [1.29, 1.82) is 0 Å². The lowest BCUT2D eigenvalue weighted by molar-refractivity contribution is -0.123. The van der Waals surface area contributed by atoms with Crippen LogP contribution in [-0.4, -0.2) is 43.9 Å². The molecule has 0 radical (unpaired) electrons. The van der Waals surface area contributed by atoms with E-state index in [-0.39, 0.29) is 23.9 Å². The number of thiocarbonyl (C=S) groups is 1. The standard InChI is InChI=1S/C19H19Br2N3O5S/c1-27-8-9-28-16-7-4-13(21)10-15(16)18(26)22-19(30)24-23-17(25)11-29-14-5-2-12(20)3-6-14/h2-7,10H,8-9,11H2,1H3,(H,23,25)(H2,22,24,26,30). The van der Waals surface area contributed by atoms with Crippen LogP contribution in [0.15, 0.2) is 51.4 Å². The van der Waals surface area contributed by atoms with Crippen molar-refractivity contribution in [3.8, 4) is 11.5 Å². The summed E-state index contributed by atoms with van der Waals surface area (Å²) in [6.07, 6.45) is 0. The number of carbonyl (C=O) groups is 2. The van der Waals surface area contributed by atoms with Crippen molar-refractivity contribution in [3.05, 3.63) is 57.0 Å². The van der Waals surface area contributed by atoms with E-state index in [1.807, 2.05) is 0 Å². The highest BCUT2D eigenvalue weighted by molar-refractivity contribution is 9.10. The lowest BCUT2D eigenvalue weighted by Crippen LogP contribution is -2.49. The van der Waals surface area contributed by atoms with Crippen molar-refractivity contribution in [1.82, 2.24) is 16.2 Å². The van der Waals surface area contributed by atoms with Gasteiger partial charge in [0.05, 0.1) is 12.2 Å². The molecule has 0 aliphatic heterocycles. The second-order valence-corrected chi connectivity index (χ2v) is 7.92. The summed E-state index contributed by atoms with van der Waals surface area (Å²) >= 11 is 11.7. The molecule has 0 saturated heterocycles. The van der Waals surface area contributed by atoms with E-state index in [0.717, 1.165) is 4.47 Å². The smallest absolute Gasteiger partial charge is 0.276 e. The van der Waals surface area contributed by atoms with Gasteiger partial charge in [0.15, 0.2) is 11.7 Å². The Morgan fingerprint density at radius 2 is 1.67 bits per heavy atom. The minimum absolute atomic E-state index is 0.0835. The molecule has 0 heterocycles. The third kappa shape index (κ3) is 8.27. The molecule has 2 aromatic carbocycles. The van der Waals surface area contributed by atoms with Crippen LogP contribution in [0.25, 0.3) is 0 Å². The zero-order valence-corrected chi connectivity index (χ0v) is 19.9. The largest absolute Gasteiger partial charge is 0.490 e. The van der Waals surface area contributed by atoms with Gasteiger partial charge in [0, 0.05) is 16.1 Å². The first-order valence-electron chi connectivity index (χ1n) is 8.59. The van der Waals surface area contributed by atoms with E-state index in [2.05, 4.69) is 48.0 Å². The van der Waals surface area contributed by atoms with E-state index in [4.69, 9.17) is 26.4 Å². The van der Waals surface area contributed by atoms with E-state index in [1.54, 1.807) is 49.6 Å². The highest BCUT2D eigenvalue weighted by Crippen LogP contribution is 2.23. The van der Waals surface area contributed by atoms with Gasteiger partial charge < -0.3 is 14.2 Å². The van der Waals surface area contributed by atoms with Crippen LogP contribution in [0.4, 0.5) is 0 Å². The van der Waals surface area contributed by atoms with Crippen molar-refractivity contribution in [2.45, 2.75) is 0 Å². The maximum Gasteiger partial charge on any atom is 0.276 e. The molecule has 2 rings (SSSR count). The van der Waals surface area contributed by atoms with E-state index in [1.165, 1.54) is 0 Å². The van der Waals surface area contributed by atoms with Crippen molar-refractivity contribution in [2.75, 3.05) is 26.9 Å². The van der Waals surface area contributed by atoms with Crippen molar-refractivity contribution < 1.29 is 23.8 Å². The highest BCUT2D eigenvalue weighted by atomic mass is 79.9. The molecule has 3 N–H and O–H groups in total. The summed E-state index contributed by atoms with van der Waals surface area (Å²) in [5.74, 6) is -0.0514. The molecule has 0 bridgehead atoms. The van der Waals surface area contributed by atoms with Gasteiger partial charge in [-0.25, -0.2) is 0 Å². The second-order valence-electron chi connectivity index (χ2n) is 5.68. The monoisotopic (exact) mass is 559 g/mol. The quantitative estimate of drug-likeness (QED) is 0.259. The van der Waals surface area contributed by atoms with Crippen LogP contribution in [-0.2, 0) is 9.53 Å². The fraction of sp³-hybridized carbons (Fsp3) is 0.211. The summed E-state index contributed by atoms with van der Waals surface area (Å²) < 4.78 is 17.4. The minimum atomic E-state index is -0.499. The number of methoxy groups -OCH3 is 1. The predicted octanol–water partition coefficient (Wildman–Crippen LogP) is 2.95. The zero-order valence-electron chi connectivity index (χ0n) is 15.9. The Hall–Kier alpha value is -2.21. The number of amides is 2. The normalized spacial score (nSPS) is 10.1. The number of nitrogens with one attached hydrogen (secondary N) is 3. The molecule has 0 fully saturated rings. The average molecular weight is 561 g/mol. The molecule has 0 aliphatic carbocycles. The maximum atomic E-state index is 12.5. The van der Waals surface area contributed by atoms with E-state index in [0.29, 0.717) is 22.6 Å². The van der Waals surface area contributed by atoms with Gasteiger partial charge in [0.1, 0.15) is 18.1 Å². The van der Waals surface area contributed by atoms with Gasteiger partial charge in [0.25, 0.3) is 11.8 Å². The van der Waals surface area contributed by atoms with Crippen molar-refractivity contribution >= 4 is 61.0 Å². The molecule has 0 aliphatic rings. The van der Waals surface area contributed by atoms with Gasteiger partial charge in [-0.05, 0) is 54.7 Å². The van der Waals surface area contributed by atoms with Crippen molar-refractivity contribution in [3.63, 3.8) is 0 Å². The van der Waals surface area contributed by atoms with Gasteiger partial charge in [-0.1, -0.05) is 31.9 Å². The number of halogens is 2. The SMILES string of the molecule is COCCOc1ccc(Br)cc1C(=O)NC(=S)NNC(=O)COc1ccc(Br)cc1. The Kier molecular flexibility index (Phi) is 10.0. The summed E-state index contributed by atoms with van der Waals surface area (Å²) in [7, 11) is 1.56. The Bertz CT molecular complexity index is 896. The third-order valence-electron chi connectivity index (χ3n) is 3.46. The summed E-state index contributed by atoms with van der Waals surface area (Å²) in [6.45, 7) is 0.440. The zero-order chi connectivity index (χ0) is 21.9. The fourth-order valence-electron chi connectivity index (χ4n) is 2.08. The number of hydrazine groups is 1. The molecule has 0 atom stereocenters. The first kappa shape index (κ1) is 24.1. The second kappa shape index (κ2) is 12.5. The summed E-state index contributed by atoms with van der Waals surface area (Å²) in [5, 5.41) is 2.39. The Morgan fingerprint density at radius 3 is 2.37 bits per heavy atom. The van der Waals surface area contributed by atoms with Crippen LogP contribution in [0.2, 0.25) is 0 Å². The van der Waals surface area contributed by atoms with Crippen LogP contribution in [0.1, 0.15) is 10.4 Å². The lowest BCUT2D eigenvalue weighted by atomic mass is 10.2. The number of benzene rings is 2. The van der Waals surface area contributed by atoms with Gasteiger partial charge in [-0.15, -0.1) is 0 Å². The molecule has 0 spiro atoms. The molecular weight excluding hydrogens is 542 g/mol. The van der Waals surface area contributed by atoms with E-state index in [9.17, 15) is 9.59 Å². The molecule has 0 saturated carbocycles. The van der Waals surface area contributed by atoms with Crippen molar-refractivity contribution in [2.24, 2.45) is 0 Å². The molecule has 30 heavy (non-hydrogen) atoms. The van der Waals surface area contributed by atoms with Gasteiger partial charge in [-0.3, -0.25) is 25.8 Å². The maximum absolute atomic E-state index is 12.5. The molecular formula is C19H19Br2N3O5S. The highest BCUT2D eigenvalue weighted by Gasteiger charge is 2.15. The summed E-state index contributed by atoms with van der Waals surface area (Å²) in [4.78, 5) is 24.4. The fourth-order valence-corrected chi connectivity index (χ4v) is 2.85. The van der Waals surface area contributed by atoms with Crippen LogP contribution >= 0.6 is 44.1 Å². The number of hydrogen-bond donors (Lipinski definition) is 3. The number of hydrogen-bond acceptors (Lipinski definition) is 6. The van der Waals surface area contributed by atoms with Gasteiger partial charge >= 0.3 is 0 Å². The number of ether oxygens (including phenoxy) is 3. The average Bonchev–Trinajstić information content (AvgIpc) is 2.73. The minimum Gasteiger partial charge on any atom is -0.490 e. The van der Waals surface area contributed by atoms with Crippen LogP contribution < -0.4 is 25.6 Å². The molecule has 2 aromatic rings. The number of carbonyl (C=O) groups excluding carboxylic acids is 2. The molecule has 2 amide bonds. The number of rotatable bonds is 8.